The first-order valence-corrected chi connectivity index (χ1v) is 3.74. The molecule has 0 fully saturated rings. The number of nitrogens with zero attached hydrogens (tertiary/aromatic N) is 1. The molecule has 1 heterocycles. The van der Waals surface area contributed by atoms with Crippen molar-refractivity contribution in [3.05, 3.63) is 26.9 Å². The largest absolute Gasteiger partial charge is 0.385 e. The van der Waals surface area contributed by atoms with Gasteiger partial charge in [-0.05, 0) is 6.42 Å². The summed E-state index contributed by atoms with van der Waals surface area (Å²) in [6, 6.07) is 1.21. The van der Waals surface area contributed by atoms with Gasteiger partial charge in [0.1, 0.15) is 5.82 Å². The Morgan fingerprint density at radius 3 is 2.75 bits per heavy atom. The van der Waals surface area contributed by atoms with Gasteiger partial charge >= 0.3 is 5.69 Å². The van der Waals surface area contributed by atoms with E-state index in [1.165, 1.54) is 6.07 Å². The molecule has 1 rings (SSSR count). The zero-order valence-electron chi connectivity index (χ0n) is 6.83. The lowest BCUT2D eigenvalue weighted by Crippen LogP contribution is -2.34. The van der Waals surface area contributed by atoms with Crippen LogP contribution in [0.5, 0.6) is 0 Å². The third-order valence-electron chi connectivity index (χ3n) is 1.49. The summed E-state index contributed by atoms with van der Waals surface area (Å²) in [5.41, 5.74) is 4.46. The van der Waals surface area contributed by atoms with E-state index in [9.17, 15) is 9.59 Å². The summed E-state index contributed by atoms with van der Waals surface area (Å²) in [5.74, 6) is 0.109. The molecule has 1 aromatic heterocycles. The van der Waals surface area contributed by atoms with Gasteiger partial charge in [0.15, 0.2) is 0 Å². The second-order valence-electron chi connectivity index (χ2n) is 2.52. The summed E-state index contributed by atoms with van der Waals surface area (Å²) in [6.45, 7) is 2.32. The van der Waals surface area contributed by atoms with Crippen LogP contribution in [-0.2, 0) is 6.54 Å². The molecule has 1 aromatic rings. The average molecular weight is 169 g/mol. The summed E-state index contributed by atoms with van der Waals surface area (Å²) >= 11 is 0. The van der Waals surface area contributed by atoms with E-state index in [2.05, 4.69) is 4.98 Å². The summed E-state index contributed by atoms with van der Waals surface area (Å²) in [6.07, 6.45) is 0.743. The molecule has 66 valence electrons. The topological polar surface area (TPSA) is 80.9 Å². The highest BCUT2D eigenvalue weighted by molar-refractivity contribution is 5.23. The standard InChI is InChI=1S/C7H11N3O2/c1-2-3-10-6(11)4-5(8)9-7(10)12/h4H,2-3,8H2,1H3,(H,9,12). The van der Waals surface area contributed by atoms with Crippen LogP contribution in [0.25, 0.3) is 0 Å². The highest BCUT2D eigenvalue weighted by Gasteiger charge is 1.99. The molecular weight excluding hydrogens is 158 g/mol. The van der Waals surface area contributed by atoms with Crippen molar-refractivity contribution >= 4 is 5.82 Å². The highest BCUT2D eigenvalue weighted by atomic mass is 16.2. The number of hydrogen-bond donors (Lipinski definition) is 2. The quantitative estimate of drug-likeness (QED) is 0.628. The Balaban J connectivity index is 3.29. The van der Waals surface area contributed by atoms with Crippen molar-refractivity contribution in [2.75, 3.05) is 5.73 Å². The average Bonchev–Trinajstić information content (AvgIpc) is 1.96. The van der Waals surface area contributed by atoms with Crippen molar-refractivity contribution in [1.82, 2.24) is 9.55 Å². The van der Waals surface area contributed by atoms with Crippen LogP contribution in [0.3, 0.4) is 0 Å². The molecule has 0 saturated carbocycles. The molecule has 0 saturated heterocycles. The fraction of sp³-hybridized carbons (Fsp3) is 0.429. The molecule has 0 bridgehead atoms. The lowest BCUT2D eigenvalue weighted by Gasteiger charge is -2.00. The van der Waals surface area contributed by atoms with Crippen LogP contribution in [0.2, 0.25) is 0 Å². The number of H-pyrrole nitrogens is 1. The predicted octanol–water partition coefficient (Wildman–Crippen LogP) is -0.471. The van der Waals surface area contributed by atoms with Crippen LogP contribution in [0, 0.1) is 0 Å². The number of nitrogens with two attached hydrogens (primary N) is 1. The van der Waals surface area contributed by atoms with Crippen LogP contribution in [0.15, 0.2) is 15.7 Å². The maximum atomic E-state index is 11.1. The second kappa shape index (κ2) is 3.25. The van der Waals surface area contributed by atoms with E-state index in [0.717, 1.165) is 11.0 Å². The minimum Gasteiger partial charge on any atom is -0.385 e. The maximum Gasteiger partial charge on any atom is 0.329 e. The molecule has 5 nitrogen and oxygen atoms in total. The first-order chi connectivity index (χ1) is 5.65. The number of hydrogen-bond acceptors (Lipinski definition) is 3. The summed E-state index contributed by atoms with van der Waals surface area (Å²) in [7, 11) is 0. The van der Waals surface area contributed by atoms with Gasteiger partial charge in [-0.25, -0.2) is 4.79 Å². The number of anilines is 1. The first-order valence-electron chi connectivity index (χ1n) is 3.74. The molecule has 0 spiro atoms. The molecule has 12 heavy (non-hydrogen) atoms. The van der Waals surface area contributed by atoms with Crippen molar-refractivity contribution in [1.29, 1.82) is 0 Å². The third kappa shape index (κ3) is 1.55. The van der Waals surface area contributed by atoms with Crippen LogP contribution in [0.1, 0.15) is 13.3 Å². The molecule has 5 heteroatoms. The SMILES string of the molecule is CCCn1c(=O)cc(N)[nH]c1=O. The van der Waals surface area contributed by atoms with Crippen molar-refractivity contribution < 1.29 is 0 Å². The highest BCUT2D eigenvalue weighted by Crippen LogP contribution is 1.84. The second-order valence-corrected chi connectivity index (χ2v) is 2.52. The van der Waals surface area contributed by atoms with Crippen LogP contribution in [0.4, 0.5) is 5.82 Å². The number of aromatic nitrogens is 2. The normalized spacial score (nSPS) is 10.1. The molecule has 0 unspecified atom stereocenters. The lowest BCUT2D eigenvalue weighted by atomic mass is 10.4. The number of rotatable bonds is 2. The molecule has 0 atom stereocenters. The Labute approximate surface area is 68.8 Å². The van der Waals surface area contributed by atoms with E-state index in [1.807, 2.05) is 6.92 Å². The molecule has 0 aliphatic heterocycles. The number of nitrogens with one attached hydrogen (secondary N) is 1. The fourth-order valence-electron chi connectivity index (χ4n) is 0.973. The molecule has 0 amide bonds. The van der Waals surface area contributed by atoms with Crippen molar-refractivity contribution in [2.45, 2.75) is 19.9 Å². The summed E-state index contributed by atoms with van der Waals surface area (Å²) in [4.78, 5) is 24.5. The Morgan fingerprint density at radius 1 is 1.58 bits per heavy atom. The molecule has 0 radical (unpaired) electrons. The van der Waals surface area contributed by atoms with E-state index in [0.29, 0.717) is 6.54 Å². The van der Waals surface area contributed by atoms with Gasteiger partial charge < -0.3 is 5.73 Å². The van der Waals surface area contributed by atoms with Crippen LogP contribution < -0.4 is 17.0 Å². The molecule has 0 aromatic carbocycles. The summed E-state index contributed by atoms with van der Waals surface area (Å²) in [5, 5.41) is 0. The minimum atomic E-state index is -0.443. The Bertz CT molecular complexity index is 346. The van der Waals surface area contributed by atoms with Gasteiger partial charge in [0.2, 0.25) is 0 Å². The molecule has 0 aliphatic rings. The zero-order valence-corrected chi connectivity index (χ0v) is 6.83. The van der Waals surface area contributed by atoms with Gasteiger partial charge in [0, 0.05) is 12.6 Å². The maximum absolute atomic E-state index is 11.1. The third-order valence-corrected chi connectivity index (χ3v) is 1.49. The minimum absolute atomic E-state index is 0.109. The molecule has 3 N–H and O–H groups in total. The Hall–Kier alpha value is -1.52. The zero-order chi connectivity index (χ0) is 9.14. The summed E-state index contributed by atoms with van der Waals surface area (Å²) < 4.78 is 1.12. The van der Waals surface area contributed by atoms with E-state index in [-0.39, 0.29) is 11.4 Å². The Kier molecular flexibility index (Phi) is 2.32. The van der Waals surface area contributed by atoms with Gasteiger partial charge in [-0.15, -0.1) is 0 Å². The van der Waals surface area contributed by atoms with Gasteiger partial charge in [0.25, 0.3) is 5.56 Å². The Morgan fingerprint density at radius 2 is 2.25 bits per heavy atom. The van der Waals surface area contributed by atoms with E-state index in [4.69, 9.17) is 5.73 Å². The van der Waals surface area contributed by atoms with Crippen molar-refractivity contribution in [2.24, 2.45) is 0 Å². The fourth-order valence-corrected chi connectivity index (χ4v) is 0.973. The number of aromatic amines is 1. The number of nitrogen functional groups attached to an aromatic ring is 1. The van der Waals surface area contributed by atoms with E-state index < -0.39 is 5.69 Å². The van der Waals surface area contributed by atoms with E-state index >= 15 is 0 Å². The van der Waals surface area contributed by atoms with E-state index in [1.54, 1.807) is 0 Å². The van der Waals surface area contributed by atoms with Gasteiger partial charge in [0.05, 0.1) is 0 Å². The molecular formula is C7H11N3O2. The molecule has 0 aliphatic carbocycles. The van der Waals surface area contributed by atoms with Gasteiger partial charge in [-0.3, -0.25) is 14.3 Å². The monoisotopic (exact) mass is 169 g/mol. The van der Waals surface area contributed by atoms with Crippen LogP contribution >= 0.6 is 0 Å². The van der Waals surface area contributed by atoms with Gasteiger partial charge in [-0.1, -0.05) is 6.92 Å². The van der Waals surface area contributed by atoms with Gasteiger partial charge in [-0.2, -0.15) is 0 Å². The predicted molar refractivity (Wildman–Crippen MR) is 46.0 cm³/mol. The smallest absolute Gasteiger partial charge is 0.329 e. The van der Waals surface area contributed by atoms with Crippen LogP contribution in [-0.4, -0.2) is 9.55 Å². The first kappa shape index (κ1) is 8.58. The van der Waals surface area contributed by atoms with Crippen molar-refractivity contribution in [3.63, 3.8) is 0 Å². The van der Waals surface area contributed by atoms with Crippen molar-refractivity contribution in [3.8, 4) is 0 Å². The lowest BCUT2D eigenvalue weighted by molar-refractivity contribution is 0.617.